The minimum Gasteiger partial charge on any atom is -0.494 e. The molecule has 0 spiro atoms. The molecule has 8 heteroatoms. The van der Waals surface area contributed by atoms with E-state index in [1.807, 2.05) is 12.1 Å². The normalized spacial score (nSPS) is 17.9. The number of carbonyl (C=O) groups excluding carboxylic acids is 1. The summed E-state index contributed by atoms with van der Waals surface area (Å²) in [4.78, 5) is 28.5. The van der Waals surface area contributed by atoms with E-state index in [1.165, 1.54) is 10.4 Å². The lowest BCUT2D eigenvalue weighted by atomic mass is 9.95. The molecule has 3 aromatic rings. The van der Waals surface area contributed by atoms with Crippen LogP contribution < -0.4 is 10.2 Å². The van der Waals surface area contributed by atoms with Gasteiger partial charge >= 0.3 is 5.97 Å². The molecule has 0 saturated heterocycles. The van der Waals surface area contributed by atoms with Crippen molar-refractivity contribution >= 4 is 36.5 Å². The van der Waals surface area contributed by atoms with Crippen molar-refractivity contribution in [3.05, 3.63) is 50.6 Å². The number of esters is 1. The second-order valence-corrected chi connectivity index (χ2v) is 17.9. The number of pyridine rings is 1. The van der Waals surface area contributed by atoms with Crippen molar-refractivity contribution < 1.29 is 18.7 Å². The van der Waals surface area contributed by atoms with Crippen LogP contribution in [0.4, 0.5) is 0 Å². The maximum absolute atomic E-state index is 13.4. The molecule has 0 bridgehead atoms. The van der Waals surface area contributed by atoms with Crippen LogP contribution >= 0.6 is 11.3 Å². The lowest BCUT2D eigenvalue weighted by Gasteiger charge is -2.40. The molecule has 0 radical (unpaired) electrons. The number of aryl methyl sites for hydroxylation is 1. The van der Waals surface area contributed by atoms with E-state index in [-0.39, 0.29) is 34.8 Å². The Balaban J connectivity index is 1.63. The number of methoxy groups -OCH3 is 1. The average Bonchev–Trinajstić information content (AvgIpc) is 3.60. The Morgan fingerprint density at radius 2 is 1.92 bits per heavy atom. The quantitative estimate of drug-likeness (QED) is 0.222. The highest BCUT2D eigenvalue weighted by Gasteiger charge is 2.40. The molecule has 0 N–H and O–H groups in total. The highest BCUT2D eigenvalue weighted by Crippen LogP contribution is 2.49. The van der Waals surface area contributed by atoms with Gasteiger partial charge in [-0.05, 0) is 80.9 Å². The molecule has 6 nitrogen and oxygen atoms in total. The predicted octanol–water partition coefficient (Wildman–Crippen LogP) is 7.65. The Labute approximate surface area is 230 Å². The lowest BCUT2D eigenvalue weighted by Crippen LogP contribution is -2.42. The second-order valence-electron chi connectivity index (χ2n) is 12.0. The van der Waals surface area contributed by atoms with Crippen LogP contribution in [0.1, 0.15) is 86.3 Å². The first-order valence-corrected chi connectivity index (χ1v) is 17.4. The van der Waals surface area contributed by atoms with E-state index in [0.717, 1.165) is 48.1 Å². The van der Waals surface area contributed by atoms with Crippen molar-refractivity contribution in [3.8, 4) is 16.2 Å². The average molecular weight is 554 g/mol. The van der Waals surface area contributed by atoms with Crippen LogP contribution in [0.5, 0.6) is 5.75 Å². The molecule has 1 aromatic carbocycles. The fourth-order valence-electron chi connectivity index (χ4n) is 5.12. The Kier molecular flexibility index (Phi) is 7.11. The number of rotatable bonds is 7. The molecule has 1 unspecified atom stereocenters. The molecule has 204 valence electrons. The van der Waals surface area contributed by atoms with Gasteiger partial charge in [0, 0.05) is 27.6 Å². The van der Waals surface area contributed by atoms with E-state index in [2.05, 4.69) is 44.5 Å². The minimum absolute atomic E-state index is 0.0817. The van der Waals surface area contributed by atoms with Crippen LogP contribution in [0.25, 0.3) is 21.3 Å². The van der Waals surface area contributed by atoms with Crippen LogP contribution in [-0.2, 0) is 15.6 Å². The highest BCUT2D eigenvalue weighted by atomic mass is 32.1. The second kappa shape index (κ2) is 9.95. The minimum atomic E-state index is -1.92. The standard InChI is InChI=1S/C30H39NO5SSi/c1-8-35-29(33)22-17-31(18-12-13-18)26-20(27(22)32)15-14-19(28(26)34-5)25-16-21-23(10-9-11-24(21)37-25)36-38(6,7)30(2,3)4/h14-18,23H,8-13H2,1-7H3. The fourth-order valence-corrected chi connectivity index (χ4v) is 7.70. The van der Waals surface area contributed by atoms with Crippen molar-refractivity contribution in [1.29, 1.82) is 0 Å². The van der Waals surface area contributed by atoms with Gasteiger partial charge in [0.05, 0.1) is 30.7 Å². The summed E-state index contributed by atoms with van der Waals surface area (Å²) >= 11 is 1.81. The summed E-state index contributed by atoms with van der Waals surface area (Å²) in [5.74, 6) is 0.109. The first kappa shape index (κ1) is 27.2. The summed E-state index contributed by atoms with van der Waals surface area (Å²) < 4.78 is 20.2. The molecular formula is C30H39NO5SSi. The highest BCUT2D eigenvalue weighted by molar-refractivity contribution is 7.15. The molecule has 5 rings (SSSR count). The van der Waals surface area contributed by atoms with Crippen LogP contribution in [-0.4, -0.2) is 32.6 Å². The van der Waals surface area contributed by atoms with Crippen molar-refractivity contribution in [3.63, 3.8) is 0 Å². The van der Waals surface area contributed by atoms with Crippen molar-refractivity contribution in [2.24, 2.45) is 0 Å². The van der Waals surface area contributed by atoms with Gasteiger partial charge in [-0.2, -0.15) is 0 Å². The van der Waals surface area contributed by atoms with Crippen LogP contribution in [0, 0.1) is 0 Å². The molecule has 0 amide bonds. The molecular weight excluding hydrogens is 514 g/mol. The maximum Gasteiger partial charge on any atom is 0.343 e. The summed E-state index contributed by atoms with van der Waals surface area (Å²) in [5.41, 5.74) is 2.81. The van der Waals surface area contributed by atoms with E-state index >= 15 is 0 Å². The van der Waals surface area contributed by atoms with Crippen molar-refractivity contribution in [2.75, 3.05) is 13.7 Å². The molecule has 1 saturated carbocycles. The summed E-state index contributed by atoms with van der Waals surface area (Å²) in [7, 11) is -0.258. The number of hydrogen-bond acceptors (Lipinski definition) is 6. The fraction of sp³-hybridized carbons (Fsp3) is 0.533. The molecule has 0 aliphatic heterocycles. The monoisotopic (exact) mass is 553 g/mol. The molecule has 1 fully saturated rings. The Morgan fingerprint density at radius 3 is 2.55 bits per heavy atom. The summed E-state index contributed by atoms with van der Waals surface area (Å²) in [6.45, 7) is 13.5. The van der Waals surface area contributed by atoms with Crippen LogP contribution in [0.15, 0.2) is 29.2 Å². The number of benzene rings is 1. The number of aromatic nitrogens is 1. The van der Waals surface area contributed by atoms with Crippen LogP contribution in [0.3, 0.4) is 0 Å². The van der Waals surface area contributed by atoms with Gasteiger partial charge in [-0.1, -0.05) is 20.8 Å². The first-order chi connectivity index (χ1) is 18.0. The Bertz CT molecular complexity index is 1440. The number of carbonyl (C=O) groups is 1. The van der Waals surface area contributed by atoms with Crippen LogP contribution in [0.2, 0.25) is 18.1 Å². The molecule has 2 aliphatic carbocycles. The van der Waals surface area contributed by atoms with Gasteiger partial charge in [0.2, 0.25) is 5.43 Å². The predicted molar refractivity (Wildman–Crippen MR) is 156 cm³/mol. The molecule has 2 aromatic heterocycles. The van der Waals surface area contributed by atoms with Gasteiger partial charge in [0.15, 0.2) is 14.1 Å². The number of hydrogen-bond donors (Lipinski definition) is 0. The van der Waals surface area contributed by atoms with E-state index in [9.17, 15) is 9.59 Å². The topological polar surface area (TPSA) is 66.8 Å². The third-order valence-electron chi connectivity index (χ3n) is 8.35. The molecule has 38 heavy (non-hydrogen) atoms. The van der Waals surface area contributed by atoms with E-state index in [4.69, 9.17) is 13.9 Å². The summed E-state index contributed by atoms with van der Waals surface area (Å²) in [6.07, 6.45) is 7.04. The Hall–Kier alpha value is -2.42. The number of ether oxygens (including phenoxy) is 2. The smallest absolute Gasteiger partial charge is 0.343 e. The van der Waals surface area contributed by atoms with Gasteiger partial charge in [-0.25, -0.2) is 4.79 Å². The third-order valence-corrected chi connectivity index (χ3v) is 14.1. The third kappa shape index (κ3) is 4.75. The first-order valence-electron chi connectivity index (χ1n) is 13.7. The molecule has 2 heterocycles. The SMILES string of the molecule is CCOC(=O)c1cn(C2CC2)c2c(OC)c(-c3cc4c(s3)CCCC4O[Si](C)(C)C(C)(C)C)ccc2c1=O. The summed E-state index contributed by atoms with van der Waals surface area (Å²) in [6, 6.07) is 6.34. The van der Waals surface area contributed by atoms with E-state index in [1.54, 1.807) is 31.6 Å². The maximum atomic E-state index is 13.4. The Morgan fingerprint density at radius 1 is 1.18 bits per heavy atom. The van der Waals surface area contributed by atoms with Gasteiger partial charge in [-0.15, -0.1) is 11.3 Å². The lowest BCUT2D eigenvalue weighted by molar-refractivity contribution is 0.0524. The number of fused-ring (bicyclic) bond motifs is 2. The largest absolute Gasteiger partial charge is 0.494 e. The van der Waals surface area contributed by atoms with Gasteiger partial charge in [-0.3, -0.25) is 4.79 Å². The molecule has 1 atom stereocenters. The summed E-state index contributed by atoms with van der Waals surface area (Å²) in [5, 5.41) is 0.642. The van der Waals surface area contributed by atoms with E-state index in [0.29, 0.717) is 11.1 Å². The van der Waals surface area contributed by atoms with Crippen molar-refractivity contribution in [1.82, 2.24) is 4.57 Å². The molecule has 2 aliphatic rings. The zero-order valence-electron chi connectivity index (χ0n) is 23.6. The van der Waals surface area contributed by atoms with Gasteiger partial charge in [0.25, 0.3) is 0 Å². The number of thiophene rings is 1. The van der Waals surface area contributed by atoms with E-state index < -0.39 is 14.3 Å². The number of nitrogens with zero attached hydrogens (tertiary/aromatic N) is 1. The zero-order valence-corrected chi connectivity index (χ0v) is 25.4. The zero-order chi connectivity index (χ0) is 27.4. The van der Waals surface area contributed by atoms with Gasteiger partial charge < -0.3 is 18.5 Å². The van der Waals surface area contributed by atoms with Crippen molar-refractivity contribution in [2.45, 2.75) is 90.1 Å². The van der Waals surface area contributed by atoms with Gasteiger partial charge in [0.1, 0.15) is 5.56 Å².